The Kier molecular flexibility index (Phi) is 3.46. The highest BCUT2D eigenvalue weighted by Crippen LogP contribution is 2.41. The van der Waals surface area contributed by atoms with Gasteiger partial charge in [-0.2, -0.15) is 0 Å². The fourth-order valence-electron chi connectivity index (χ4n) is 3.11. The van der Waals surface area contributed by atoms with E-state index in [0.717, 1.165) is 29.0 Å². The largest absolute Gasteiger partial charge is 0.481 e. The molecule has 0 aliphatic heterocycles. The van der Waals surface area contributed by atoms with Crippen LogP contribution in [0.5, 0.6) is 0 Å². The van der Waals surface area contributed by atoms with E-state index in [9.17, 15) is 4.79 Å². The number of hydrogen-bond acceptors (Lipinski definition) is 3. The molecule has 0 saturated heterocycles. The second-order valence-electron chi connectivity index (χ2n) is 5.60. The van der Waals surface area contributed by atoms with E-state index in [1.54, 1.807) is 0 Å². The van der Waals surface area contributed by atoms with Crippen molar-refractivity contribution in [3.63, 3.8) is 0 Å². The van der Waals surface area contributed by atoms with E-state index < -0.39 is 5.97 Å². The molecule has 106 valence electrons. The molecule has 1 saturated carbocycles. The first-order valence-electron chi connectivity index (χ1n) is 6.93. The van der Waals surface area contributed by atoms with Gasteiger partial charge in [0.25, 0.3) is 0 Å². The Morgan fingerprint density at radius 1 is 1.40 bits per heavy atom. The second kappa shape index (κ2) is 5.13. The number of hydrogen-bond donors (Lipinski definition) is 1. The molecule has 3 rings (SSSR count). The van der Waals surface area contributed by atoms with Gasteiger partial charge in [0, 0.05) is 5.54 Å². The number of para-hydroxylation sites is 2. The van der Waals surface area contributed by atoms with Crippen molar-refractivity contribution in [2.45, 2.75) is 43.3 Å². The predicted octanol–water partition coefficient (Wildman–Crippen LogP) is 3.50. The summed E-state index contributed by atoms with van der Waals surface area (Å²) in [6.07, 6.45) is 4.72. The highest BCUT2D eigenvalue weighted by Gasteiger charge is 2.34. The molecule has 5 heteroatoms. The molecule has 1 aliphatic carbocycles. The molecular formula is C15H18N2O2S. The molecule has 1 heterocycles. The molecule has 0 atom stereocenters. The van der Waals surface area contributed by atoms with Gasteiger partial charge >= 0.3 is 5.97 Å². The van der Waals surface area contributed by atoms with Crippen molar-refractivity contribution < 1.29 is 9.90 Å². The second-order valence-corrected chi connectivity index (χ2v) is 6.55. The van der Waals surface area contributed by atoms with Crippen molar-refractivity contribution in [3.05, 3.63) is 24.3 Å². The number of imidazole rings is 1. The van der Waals surface area contributed by atoms with Crippen molar-refractivity contribution >= 4 is 28.8 Å². The monoisotopic (exact) mass is 290 g/mol. The highest BCUT2D eigenvalue weighted by molar-refractivity contribution is 7.99. The molecule has 0 bridgehead atoms. The molecule has 1 fully saturated rings. The van der Waals surface area contributed by atoms with Crippen molar-refractivity contribution in [3.8, 4) is 0 Å². The van der Waals surface area contributed by atoms with Crippen molar-refractivity contribution in [2.75, 3.05) is 5.75 Å². The van der Waals surface area contributed by atoms with E-state index in [-0.39, 0.29) is 11.3 Å². The quantitative estimate of drug-likeness (QED) is 0.876. The summed E-state index contributed by atoms with van der Waals surface area (Å²) in [7, 11) is 0. The van der Waals surface area contributed by atoms with Gasteiger partial charge in [0.1, 0.15) is 0 Å². The highest BCUT2D eigenvalue weighted by atomic mass is 32.2. The molecular weight excluding hydrogens is 272 g/mol. The van der Waals surface area contributed by atoms with Crippen molar-refractivity contribution in [1.29, 1.82) is 0 Å². The molecule has 0 amide bonds. The summed E-state index contributed by atoms with van der Waals surface area (Å²) < 4.78 is 2.27. The molecule has 1 aliphatic rings. The summed E-state index contributed by atoms with van der Waals surface area (Å²) in [5, 5.41) is 9.74. The number of nitrogens with zero attached hydrogens (tertiary/aromatic N) is 2. The van der Waals surface area contributed by atoms with Crippen LogP contribution >= 0.6 is 11.8 Å². The van der Waals surface area contributed by atoms with Gasteiger partial charge in [-0.3, -0.25) is 4.79 Å². The first-order chi connectivity index (χ1) is 9.60. The van der Waals surface area contributed by atoms with Crippen LogP contribution in [0.15, 0.2) is 29.4 Å². The normalized spacial score (nSPS) is 17.6. The molecule has 1 aromatic heterocycles. The number of aromatic nitrogens is 2. The van der Waals surface area contributed by atoms with E-state index in [1.807, 2.05) is 18.2 Å². The average Bonchev–Trinajstić information content (AvgIpc) is 3.00. The lowest BCUT2D eigenvalue weighted by atomic mass is 10.0. The summed E-state index contributed by atoms with van der Waals surface area (Å²) >= 11 is 1.32. The van der Waals surface area contributed by atoms with Gasteiger partial charge in [0.2, 0.25) is 0 Å². The third-order valence-corrected chi connectivity index (χ3v) is 5.00. The standard InChI is InChI=1S/C15H18N2O2S/c1-15(8-4-5-9-15)17-12-7-3-2-6-11(12)16-14(17)20-10-13(18)19/h2-3,6-7H,4-5,8-10H2,1H3,(H,18,19). The van der Waals surface area contributed by atoms with E-state index in [1.165, 1.54) is 24.6 Å². The molecule has 0 radical (unpaired) electrons. The topological polar surface area (TPSA) is 55.1 Å². The van der Waals surface area contributed by atoms with Crippen molar-refractivity contribution in [2.24, 2.45) is 0 Å². The van der Waals surface area contributed by atoms with Crippen LogP contribution in [0, 0.1) is 0 Å². The van der Waals surface area contributed by atoms with Gasteiger partial charge in [-0.05, 0) is 31.9 Å². The minimum atomic E-state index is -0.801. The SMILES string of the molecule is CC1(n2c(SCC(=O)O)nc3ccccc32)CCCC1. The Hall–Kier alpha value is -1.49. The van der Waals surface area contributed by atoms with E-state index in [0.29, 0.717) is 0 Å². The lowest BCUT2D eigenvalue weighted by Gasteiger charge is -2.28. The smallest absolute Gasteiger partial charge is 0.313 e. The van der Waals surface area contributed by atoms with Crippen molar-refractivity contribution in [1.82, 2.24) is 9.55 Å². The Labute approximate surface area is 122 Å². The average molecular weight is 290 g/mol. The predicted molar refractivity (Wildman–Crippen MR) is 80.2 cm³/mol. The first-order valence-corrected chi connectivity index (χ1v) is 7.91. The molecule has 0 spiro atoms. The summed E-state index contributed by atoms with van der Waals surface area (Å²) in [5.41, 5.74) is 2.13. The molecule has 0 unspecified atom stereocenters. The van der Waals surface area contributed by atoms with E-state index in [2.05, 4.69) is 22.5 Å². The van der Waals surface area contributed by atoms with Crippen LogP contribution in [0.3, 0.4) is 0 Å². The van der Waals surface area contributed by atoms with Gasteiger partial charge in [0.05, 0.1) is 16.8 Å². The molecule has 4 nitrogen and oxygen atoms in total. The zero-order valence-corrected chi connectivity index (χ0v) is 12.3. The fourth-order valence-corrected chi connectivity index (χ4v) is 3.97. The van der Waals surface area contributed by atoms with Crippen LogP contribution in [-0.4, -0.2) is 26.4 Å². The lowest BCUT2D eigenvalue weighted by Crippen LogP contribution is -2.27. The van der Waals surface area contributed by atoms with Gasteiger partial charge in [0.15, 0.2) is 5.16 Å². The zero-order chi connectivity index (χ0) is 14.2. The maximum Gasteiger partial charge on any atom is 0.313 e. The molecule has 2 aromatic rings. The maximum absolute atomic E-state index is 10.8. The number of thioether (sulfide) groups is 1. The van der Waals surface area contributed by atoms with Crippen LogP contribution in [0.25, 0.3) is 11.0 Å². The van der Waals surface area contributed by atoms with Crippen LogP contribution in [0.4, 0.5) is 0 Å². The fraction of sp³-hybridized carbons (Fsp3) is 0.467. The number of carboxylic acids is 1. The van der Waals surface area contributed by atoms with Gasteiger partial charge < -0.3 is 9.67 Å². The Bertz CT molecular complexity index is 644. The first kappa shape index (κ1) is 13.5. The molecule has 1 N–H and O–H groups in total. The third-order valence-electron chi connectivity index (χ3n) is 4.08. The number of carbonyl (C=O) groups is 1. The molecule has 20 heavy (non-hydrogen) atoms. The summed E-state index contributed by atoms with van der Waals surface area (Å²) in [5.74, 6) is -0.746. The number of fused-ring (bicyclic) bond motifs is 1. The van der Waals surface area contributed by atoms with Gasteiger partial charge in [-0.25, -0.2) is 4.98 Å². The van der Waals surface area contributed by atoms with Crippen LogP contribution in [0.1, 0.15) is 32.6 Å². The summed E-state index contributed by atoms with van der Waals surface area (Å²) in [4.78, 5) is 15.5. The van der Waals surface area contributed by atoms with E-state index >= 15 is 0 Å². The lowest BCUT2D eigenvalue weighted by molar-refractivity contribution is -0.133. The van der Waals surface area contributed by atoms with Crippen LogP contribution in [0.2, 0.25) is 0 Å². The Balaban J connectivity index is 2.10. The number of benzene rings is 1. The van der Waals surface area contributed by atoms with Crippen LogP contribution < -0.4 is 0 Å². The number of rotatable bonds is 4. The maximum atomic E-state index is 10.8. The minimum Gasteiger partial charge on any atom is -0.481 e. The minimum absolute atomic E-state index is 0.0550. The van der Waals surface area contributed by atoms with E-state index in [4.69, 9.17) is 5.11 Å². The summed E-state index contributed by atoms with van der Waals surface area (Å²) in [6, 6.07) is 8.07. The Morgan fingerprint density at radius 2 is 2.10 bits per heavy atom. The van der Waals surface area contributed by atoms with Gasteiger partial charge in [-0.15, -0.1) is 0 Å². The molecule has 1 aromatic carbocycles. The number of carboxylic acid groups (broad SMARTS) is 1. The summed E-state index contributed by atoms with van der Waals surface area (Å²) in [6.45, 7) is 2.26. The van der Waals surface area contributed by atoms with Gasteiger partial charge in [-0.1, -0.05) is 36.7 Å². The Morgan fingerprint density at radius 3 is 2.80 bits per heavy atom. The number of aliphatic carboxylic acids is 1. The zero-order valence-electron chi connectivity index (χ0n) is 11.5. The third kappa shape index (κ3) is 2.30. The van der Waals surface area contributed by atoms with Crippen LogP contribution in [-0.2, 0) is 10.3 Å².